The van der Waals surface area contributed by atoms with Crippen LogP contribution < -0.4 is 5.73 Å². The molecule has 52 valence electrons. The van der Waals surface area contributed by atoms with Crippen molar-refractivity contribution in [3.63, 3.8) is 0 Å². The van der Waals surface area contributed by atoms with Crippen molar-refractivity contribution < 1.29 is 0 Å². The average molecular weight is 153 g/mol. The third kappa shape index (κ3) is 15.9. The van der Waals surface area contributed by atoms with Gasteiger partial charge in [0.05, 0.1) is 0 Å². The van der Waals surface area contributed by atoms with Crippen LogP contribution in [0.2, 0.25) is 0 Å². The fourth-order valence-electron chi connectivity index (χ4n) is 0.131. The van der Waals surface area contributed by atoms with Gasteiger partial charge in [0.25, 0.3) is 0 Å². The quantitative estimate of drug-likeness (QED) is 0.496. The van der Waals surface area contributed by atoms with Crippen LogP contribution >= 0.6 is 21.6 Å². The molecule has 0 fully saturated rings. The third-order valence-electron chi connectivity index (χ3n) is 0.319. The predicted molar refractivity (Wildman–Crippen MR) is 46.4 cm³/mol. The molecule has 0 aliphatic heterocycles. The van der Waals surface area contributed by atoms with Gasteiger partial charge in [0, 0.05) is 12.3 Å². The summed E-state index contributed by atoms with van der Waals surface area (Å²) in [6, 6.07) is 0. The van der Waals surface area contributed by atoms with Crippen molar-refractivity contribution in [3.8, 4) is 0 Å². The van der Waals surface area contributed by atoms with Gasteiger partial charge in [-0.15, -0.1) is 0 Å². The van der Waals surface area contributed by atoms with E-state index in [1.54, 1.807) is 21.6 Å². The average Bonchev–Trinajstić information content (AvgIpc) is 1.88. The van der Waals surface area contributed by atoms with Gasteiger partial charge in [-0.05, 0) is 6.26 Å². The van der Waals surface area contributed by atoms with E-state index in [0.29, 0.717) is 0 Å². The van der Waals surface area contributed by atoms with E-state index in [1.165, 1.54) is 0 Å². The monoisotopic (exact) mass is 153 g/mol. The lowest BCUT2D eigenvalue weighted by atomic mass is 10.8. The van der Waals surface area contributed by atoms with Gasteiger partial charge in [-0.2, -0.15) is 0 Å². The second-order valence-electron chi connectivity index (χ2n) is 0.777. The van der Waals surface area contributed by atoms with Crippen LogP contribution in [0, 0.1) is 0 Å². The molecule has 0 spiro atoms. The van der Waals surface area contributed by atoms with Crippen molar-refractivity contribution >= 4 is 21.6 Å². The molecular weight excluding hydrogens is 138 g/mol. The minimum atomic E-state index is 0.797. The molecule has 0 aliphatic carbocycles. The highest BCUT2D eigenvalue weighted by Gasteiger charge is 1.75. The molecule has 0 amide bonds. The van der Waals surface area contributed by atoms with E-state index >= 15 is 0 Å². The summed E-state index contributed by atoms with van der Waals surface area (Å²) in [6.45, 7) is 4.80. The maximum atomic E-state index is 5.18. The Bertz CT molecular complexity index is 22.4. The van der Waals surface area contributed by atoms with Gasteiger partial charge in [0.2, 0.25) is 0 Å². The Balaban J connectivity index is 0. The summed E-state index contributed by atoms with van der Waals surface area (Å²) in [5, 5.41) is 0. The first kappa shape index (κ1) is 11.5. The van der Waals surface area contributed by atoms with Gasteiger partial charge in [-0.25, -0.2) is 0 Å². The van der Waals surface area contributed by atoms with E-state index < -0.39 is 0 Å². The van der Waals surface area contributed by atoms with Gasteiger partial charge in [-0.3, -0.25) is 0 Å². The summed E-state index contributed by atoms with van der Waals surface area (Å²) in [5.74, 6) is 1.07. The van der Waals surface area contributed by atoms with E-state index in [-0.39, 0.29) is 0 Å². The van der Waals surface area contributed by atoms with Gasteiger partial charge < -0.3 is 5.73 Å². The molecule has 0 radical (unpaired) electrons. The van der Waals surface area contributed by atoms with Gasteiger partial charge in [0.15, 0.2) is 0 Å². The molecule has 8 heavy (non-hydrogen) atoms. The second kappa shape index (κ2) is 15.6. The van der Waals surface area contributed by atoms with Crippen molar-refractivity contribution in [2.24, 2.45) is 5.73 Å². The Kier molecular flexibility index (Phi) is 22.4. The Labute approximate surface area is 60.2 Å². The minimum absolute atomic E-state index is 0.797. The summed E-state index contributed by atoms with van der Waals surface area (Å²) >= 11 is 0. The van der Waals surface area contributed by atoms with Crippen molar-refractivity contribution in [1.82, 2.24) is 0 Å². The van der Waals surface area contributed by atoms with Crippen LogP contribution in [-0.2, 0) is 0 Å². The normalized spacial score (nSPS) is 7.50. The zero-order chi connectivity index (χ0) is 6.83. The highest BCUT2D eigenvalue weighted by atomic mass is 33.1. The molecule has 0 aromatic rings. The van der Waals surface area contributed by atoms with E-state index in [0.717, 1.165) is 12.3 Å². The molecule has 0 unspecified atom stereocenters. The molecule has 0 saturated carbocycles. The van der Waals surface area contributed by atoms with Crippen LogP contribution in [0.3, 0.4) is 0 Å². The highest BCUT2D eigenvalue weighted by Crippen LogP contribution is 2.14. The molecule has 1 nitrogen and oxygen atoms in total. The van der Waals surface area contributed by atoms with E-state index in [9.17, 15) is 0 Å². The first-order chi connectivity index (χ1) is 3.91. The van der Waals surface area contributed by atoms with Crippen molar-refractivity contribution in [2.45, 2.75) is 13.8 Å². The summed E-state index contributed by atoms with van der Waals surface area (Å²) in [4.78, 5) is 0. The van der Waals surface area contributed by atoms with E-state index in [4.69, 9.17) is 5.73 Å². The first-order valence-electron chi connectivity index (χ1n) is 2.77. The van der Waals surface area contributed by atoms with Crippen LogP contribution in [-0.4, -0.2) is 18.6 Å². The molecule has 0 aliphatic rings. The fraction of sp³-hybridized carbons (Fsp3) is 1.00. The summed E-state index contributed by atoms with van der Waals surface area (Å²) in [7, 11) is 3.56. The van der Waals surface area contributed by atoms with Crippen LogP contribution in [0.25, 0.3) is 0 Å². The van der Waals surface area contributed by atoms with Crippen LogP contribution in [0.1, 0.15) is 13.8 Å². The molecule has 0 saturated heterocycles. The SMILES string of the molecule is CC.CSSCCN. The minimum Gasteiger partial charge on any atom is -0.330 e. The van der Waals surface area contributed by atoms with Gasteiger partial charge in [-0.1, -0.05) is 35.4 Å². The standard InChI is InChI=1S/C3H9NS2.C2H6/c1-5-6-3-2-4;1-2/h2-4H2,1H3;1-2H3. The van der Waals surface area contributed by atoms with Crippen LogP contribution in [0.15, 0.2) is 0 Å². The fourth-order valence-corrected chi connectivity index (χ4v) is 1.18. The van der Waals surface area contributed by atoms with Crippen LogP contribution in [0.4, 0.5) is 0 Å². The summed E-state index contributed by atoms with van der Waals surface area (Å²) < 4.78 is 0. The number of hydrogen-bond donors (Lipinski definition) is 1. The molecule has 0 heterocycles. The highest BCUT2D eigenvalue weighted by molar-refractivity contribution is 8.76. The lowest BCUT2D eigenvalue weighted by Crippen LogP contribution is -1.99. The molecule has 0 bridgehead atoms. The number of hydrogen-bond acceptors (Lipinski definition) is 3. The lowest BCUT2D eigenvalue weighted by Gasteiger charge is -1.86. The first-order valence-corrected chi connectivity index (χ1v) is 5.50. The Morgan fingerprint density at radius 2 is 1.88 bits per heavy atom. The van der Waals surface area contributed by atoms with Gasteiger partial charge in [0.1, 0.15) is 0 Å². The van der Waals surface area contributed by atoms with E-state index in [2.05, 4.69) is 6.26 Å². The zero-order valence-electron chi connectivity index (χ0n) is 5.81. The molecule has 3 heteroatoms. The third-order valence-corrected chi connectivity index (χ3v) is 2.16. The van der Waals surface area contributed by atoms with Crippen molar-refractivity contribution in [1.29, 1.82) is 0 Å². The van der Waals surface area contributed by atoms with Crippen LogP contribution in [0.5, 0.6) is 0 Å². The molecule has 0 atom stereocenters. The molecule has 0 aromatic heterocycles. The Hall–Kier alpha value is 0.660. The predicted octanol–water partition coefficient (Wildman–Crippen LogP) is 1.98. The number of rotatable bonds is 3. The van der Waals surface area contributed by atoms with E-state index in [1.807, 2.05) is 13.8 Å². The topological polar surface area (TPSA) is 26.0 Å². The number of nitrogens with two attached hydrogens (primary N) is 1. The zero-order valence-corrected chi connectivity index (χ0v) is 7.44. The van der Waals surface area contributed by atoms with Crippen molar-refractivity contribution in [3.05, 3.63) is 0 Å². The van der Waals surface area contributed by atoms with Gasteiger partial charge >= 0.3 is 0 Å². The largest absolute Gasteiger partial charge is 0.330 e. The van der Waals surface area contributed by atoms with Crippen molar-refractivity contribution in [2.75, 3.05) is 18.6 Å². The maximum Gasteiger partial charge on any atom is 0.0160 e. The molecule has 2 N–H and O–H groups in total. The summed E-state index contributed by atoms with van der Waals surface area (Å²) in [6.07, 6.45) is 2.06. The second-order valence-corrected chi connectivity index (χ2v) is 3.46. The molecule has 0 aromatic carbocycles. The smallest absolute Gasteiger partial charge is 0.0160 e. The Morgan fingerprint density at radius 3 is 2.00 bits per heavy atom. The maximum absolute atomic E-state index is 5.18. The Morgan fingerprint density at radius 1 is 1.38 bits per heavy atom. The molecule has 0 rings (SSSR count). The molecular formula is C5H15NS2. The lowest BCUT2D eigenvalue weighted by molar-refractivity contribution is 1.16. The summed E-state index contributed by atoms with van der Waals surface area (Å²) in [5.41, 5.74) is 5.18.